The van der Waals surface area contributed by atoms with Crippen molar-refractivity contribution in [1.82, 2.24) is 30.1 Å². The van der Waals surface area contributed by atoms with E-state index in [0.717, 1.165) is 50.0 Å². The second-order valence-corrected chi connectivity index (χ2v) is 6.82. The van der Waals surface area contributed by atoms with Crippen LogP contribution in [-0.4, -0.2) is 58.7 Å². The Kier molecular flexibility index (Phi) is 10.0. The van der Waals surface area contributed by atoms with Gasteiger partial charge in [-0.2, -0.15) is 0 Å². The lowest BCUT2D eigenvalue weighted by atomic mass is 10.1. The Morgan fingerprint density at radius 1 is 1.03 bits per heavy atom. The highest BCUT2D eigenvalue weighted by Gasteiger charge is 2.18. The SMILES string of the molecule is CCN(CC)C(CNC(=NC)NCCc1nnc2ccccn12)c1ccccc1.I. The van der Waals surface area contributed by atoms with Crippen LogP contribution in [0.5, 0.6) is 0 Å². The summed E-state index contributed by atoms with van der Waals surface area (Å²) in [7, 11) is 1.80. The van der Waals surface area contributed by atoms with Gasteiger partial charge in [-0.15, -0.1) is 34.2 Å². The van der Waals surface area contributed by atoms with Gasteiger partial charge in [-0.1, -0.05) is 50.2 Å². The van der Waals surface area contributed by atoms with Crippen LogP contribution in [0.3, 0.4) is 0 Å². The Hall–Kier alpha value is -2.20. The topological polar surface area (TPSA) is 69.8 Å². The number of hydrogen-bond donors (Lipinski definition) is 2. The van der Waals surface area contributed by atoms with Crippen LogP contribution in [0.1, 0.15) is 31.3 Å². The molecule has 1 aromatic carbocycles. The first-order valence-corrected chi connectivity index (χ1v) is 10.3. The number of likely N-dealkylation sites (N-methyl/N-ethyl adjacent to an activating group) is 1. The first kappa shape index (κ1) is 24.1. The van der Waals surface area contributed by atoms with E-state index >= 15 is 0 Å². The molecule has 1 unspecified atom stereocenters. The second kappa shape index (κ2) is 12.5. The van der Waals surface area contributed by atoms with Gasteiger partial charge in [0.15, 0.2) is 11.6 Å². The number of nitrogens with zero attached hydrogens (tertiary/aromatic N) is 5. The summed E-state index contributed by atoms with van der Waals surface area (Å²) in [6.07, 6.45) is 2.76. The molecule has 1 atom stereocenters. The third-order valence-electron chi connectivity index (χ3n) is 5.15. The Labute approximate surface area is 196 Å². The molecule has 0 spiro atoms. The number of aliphatic imine (C=N–C) groups is 1. The van der Waals surface area contributed by atoms with Crippen LogP contribution in [0.4, 0.5) is 0 Å². The van der Waals surface area contributed by atoms with E-state index in [2.05, 4.69) is 74.9 Å². The first-order chi connectivity index (χ1) is 14.3. The van der Waals surface area contributed by atoms with Crippen molar-refractivity contribution in [2.75, 3.05) is 33.2 Å². The van der Waals surface area contributed by atoms with Crippen LogP contribution in [0.15, 0.2) is 59.7 Å². The highest BCUT2D eigenvalue weighted by molar-refractivity contribution is 14.0. The zero-order valence-electron chi connectivity index (χ0n) is 18.0. The lowest BCUT2D eigenvalue weighted by molar-refractivity contribution is 0.219. The van der Waals surface area contributed by atoms with Gasteiger partial charge in [0.1, 0.15) is 5.82 Å². The highest BCUT2D eigenvalue weighted by atomic mass is 127. The van der Waals surface area contributed by atoms with Crippen LogP contribution in [0.2, 0.25) is 0 Å². The predicted molar refractivity (Wildman–Crippen MR) is 134 cm³/mol. The summed E-state index contributed by atoms with van der Waals surface area (Å²) < 4.78 is 2.02. The van der Waals surface area contributed by atoms with Crippen molar-refractivity contribution in [2.45, 2.75) is 26.3 Å². The molecule has 0 aliphatic heterocycles. The maximum Gasteiger partial charge on any atom is 0.191 e. The zero-order chi connectivity index (χ0) is 20.5. The Balaban J connectivity index is 0.00000320. The van der Waals surface area contributed by atoms with Crippen LogP contribution < -0.4 is 10.6 Å². The van der Waals surface area contributed by atoms with E-state index in [-0.39, 0.29) is 24.0 Å². The summed E-state index contributed by atoms with van der Waals surface area (Å²) >= 11 is 0. The largest absolute Gasteiger partial charge is 0.356 e. The van der Waals surface area contributed by atoms with Gasteiger partial charge in [-0.3, -0.25) is 14.3 Å². The van der Waals surface area contributed by atoms with E-state index in [1.807, 2.05) is 28.8 Å². The lowest BCUT2D eigenvalue weighted by Gasteiger charge is -2.30. The third kappa shape index (κ3) is 6.15. The predicted octanol–water partition coefficient (Wildman–Crippen LogP) is 3.14. The Morgan fingerprint density at radius 3 is 2.47 bits per heavy atom. The van der Waals surface area contributed by atoms with Crippen LogP contribution >= 0.6 is 24.0 Å². The van der Waals surface area contributed by atoms with Gasteiger partial charge < -0.3 is 10.6 Å². The van der Waals surface area contributed by atoms with Crippen molar-refractivity contribution in [3.8, 4) is 0 Å². The van der Waals surface area contributed by atoms with E-state index in [1.54, 1.807) is 7.05 Å². The van der Waals surface area contributed by atoms with Crippen LogP contribution in [0, 0.1) is 0 Å². The number of guanidine groups is 1. The molecule has 7 nitrogen and oxygen atoms in total. The van der Waals surface area contributed by atoms with Gasteiger partial charge in [0.05, 0.1) is 6.04 Å². The normalized spacial score (nSPS) is 12.6. The number of fused-ring (bicyclic) bond motifs is 1. The summed E-state index contributed by atoms with van der Waals surface area (Å²) in [4.78, 5) is 6.84. The van der Waals surface area contributed by atoms with E-state index in [0.29, 0.717) is 6.04 Å². The number of benzene rings is 1. The van der Waals surface area contributed by atoms with Gasteiger partial charge in [-0.05, 0) is 30.8 Å². The average Bonchev–Trinajstić information content (AvgIpc) is 3.19. The molecule has 2 heterocycles. The summed E-state index contributed by atoms with van der Waals surface area (Å²) in [6.45, 7) is 7.94. The Morgan fingerprint density at radius 2 is 1.77 bits per heavy atom. The average molecular weight is 521 g/mol. The molecule has 30 heavy (non-hydrogen) atoms. The van der Waals surface area contributed by atoms with Gasteiger partial charge in [-0.25, -0.2) is 0 Å². The molecular formula is C22H32IN7. The maximum atomic E-state index is 4.38. The molecule has 2 N–H and O–H groups in total. The molecule has 0 radical (unpaired) electrons. The molecule has 0 amide bonds. The molecule has 0 bridgehead atoms. The first-order valence-electron chi connectivity index (χ1n) is 10.3. The minimum Gasteiger partial charge on any atom is -0.356 e. The molecule has 0 fully saturated rings. The van der Waals surface area contributed by atoms with Gasteiger partial charge in [0.25, 0.3) is 0 Å². The lowest BCUT2D eigenvalue weighted by Crippen LogP contribution is -2.43. The van der Waals surface area contributed by atoms with Crippen molar-refractivity contribution >= 4 is 35.6 Å². The molecule has 8 heteroatoms. The van der Waals surface area contributed by atoms with E-state index in [9.17, 15) is 0 Å². The Bertz CT molecular complexity index is 906. The number of nitrogens with one attached hydrogen (secondary N) is 2. The van der Waals surface area contributed by atoms with Crippen LogP contribution in [0.25, 0.3) is 5.65 Å². The van der Waals surface area contributed by atoms with Crippen molar-refractivity contribution in [2.24, 2.45) is 4.99 Å². The van der Waals surface area contributed by atoms with E-state index < -0.39 is 0 Å². The summed E-state index contributed by atoms with van der Waals surface area (Å²) in [6, 6.07) is 16.9. The number of aromatic nitrogens is 3. The van der Waals surface area contributed by atoms with Gasteiger partial charge >= 0.3 is 0 Å². The van der Waals surface area contributed by atoms with E-state index in [1.165, 1.54) is 5.56 Å². The van der Waals surface area contributed by atoms with Gasteiger partial charge in [0.2, 0.25) is 0 Å². The quantitative estimate of drug-likeness (QED) is 0.257. The zero-order valence-corrected chi connectivity index (χ0v) is 20.3. The molecule has 3 rings (SSSR count). The van der Waals surface area contributed by atoms with Crippen LogP contribution in [-0.2, 0) is 6.42 Å². The molecule has 0 aliphatic carbocycles. The molecule has 2 aromatic heterocycles. The molecule has 0 saturated heterocycles. The smallest absolute Gasteiger partial charge is 0.191 e. The summed E-state index contributed by atoms with van der Waals surface area (Å²) in [5.74, 6) is 1.74. The van der Waals surface area contributed by atoms with Crippen molar-refractivity contribution in [1.29, 1.82) is 0 Å². The maximum absolute atomic E-state index is 4.38. The fraction of sp³-hybridized carbons (Fsp3) is 0.409. The molecule has 0 aliphatic rings. The minimum atomic E-state index is 0. The highest BCUT2D eigenvalue weighted by Crippen LogP contribution is 2.19. The third-order valence-corrected chi connectivity index (χ3v) is 5.15. The van der Waals surface area contributed by atoms with Crippen molar-refractivity contribution in [3.63, 3.8) is 0 Å². The second-order valence-electron chi connectivity index (χ2n) is 6.82. The molecule has 162 valence electrons. The molecular weight excluding hydrogens is 489 g/mol. The number of hydrogen-bond acceptors (Lipinski definition) is 4. The van der Waals surface area contributed by atoms with E-state index in [4.69, 9.17) is 0 Å². The fourth-order valence-corrected chi connectivity index (χ4v) is 3.57. The standard InChI is InChI=1S/C22H31N7.HI/c1-4-28(5-2)19(18-11-7-6-8-12-18)17-25-22(23-3)24-15-14-21-27-26-20-13-9-10-16-29(20)21;/h6-13,16,19H,4-5,14-15,17H2,1-3H3,(H2,23,24,25);1H. The monoisotopic (exact) mass is 521 g/mol. The minimum absolute atomic E-state index is 0. The van der Waals surface area contributed by atoms with Crippen molar-refractivity contribution in [3.05, 3.63) is 66.1 Å². The number of pyridine rings is 1. The number of halogens is 1. The number of rotatable bonds is 9. The fourth-order valence-electron chi connectivity index (χ4n) is 3.57. The summed E-state index contributed by atoms with van der Waals surface area (Å²) in [5, 5.41) is 15.4. The molecule has 0 saturated carbocycles. The van der Waals surface area contributed by atoms with Gasteiger partial charge in [0, 0.05) is 32.8 Å². The van der Waals surface area contributed by atoms with Crippen molar-refractivity contribution < 1.29 is 0 Å². The summed E-state index contributed by atoms with van der Waals surface area (Å²) in [5.41, 5.74) is 2.18. The molecule has 3 aromatic rings.